The fourth-order valence-corrected chi connectivity index (χ4v) is 1.30. The summed E-state index contributed by atoms with van der Waals surface area (Å²) in [4.78, 5) is 22.0. The zero-order valence-corrected chi connectivity index (χ0v) is 9.45. The van der Waals surface area contributed by atoms with Crippen molar-refractivity contribution in [1.82, 2.24) is 5.32 Å². The lowest BCUT2D eigenvalue weighted by Crippen LogP contribution is -2.21. The van der Waals surface area contributed by atoms with Gasteiger partial charge in [0.25, 0.3) is 0 Å². The third-order valence-corrected chi connectivity index (χ3v) is 2.16. The van der Waals surface area contributed by atoms with Crippen LogP contribution in [0, 0.1) is 19.3 Å². The van der Waals surface area contributed by atoms with Crippen LogP contribution >= 0.6 is 0 Å². The Labute approximate surface area is 98.8 Å². The van der Waals surface area contributed by atoms with Crippen molar-refractivity contribution in [3.8, 4) is 12.3 Å². The van der Waals surface area contributed by atoms with Gasteiger partial charge in [0.05, 0.1) is 6.54 Å². The third-order valence-electron chi connectivity index (χ3n) is 2.16. The third kappa shape index (κ3) is 3.68. The average Bonchev–Trinajstić information content (AvgIpc) is 2.65. The molecule has 5 heteroatoms. The molecular weight excluding hydrogens is 222 g/mol. The zero-order valence-electron chi connectivity index (χ0n) is 9.45. The molecule has 0 unspecified atom stereocenters. The molecule has 1 rings (SSSR count). The van der Waals surface area contributed by atoms with Crippen LogP contribution in [0.25, 0.3) is 0 Å². The van der Waals surface area contributed by atoms with Gasteiger partial charge in [0, 0.05) is 12.8 Å². The molecule has 1 aromatic rings. The fraction of sp³-hybridized carbons (Fsp3) is 0.333. The lowest BCUT2D eigenvalue weighted by Gasteiger charge is -2.00. The van der Waals surface area contributed by atoms with Gasteiger partial charge in [-0.05, 0) is 13.0 Å². The molecule has 0 atom stereocenters. The van der Waals surface area contributed by atoms with Crippen molar-refractivity contribution in [2.45, 2.75) is 26.3 Å². The normalized spacial score (nSPS) is 9.65. The second-order valence-electron chi connectivity index (χ2n) is 3.47. The van der Waals surface area contributed by atoms with Gasteiger partial charge in [-0.15, -0.1) is 12.3 Å². The first-order chi connectivity index (χ1) is 8.04. The molecule has 0 radical (unpaired) electrons. The first-order valence-corrected chi connectivity index (χ1v) is 5.07. The lowest BCUT2D eigenvalue weighted by atomic mass is 10.2. The van der Waals surface area contributed by atoms with Gasteiger partial charge in [-0.2, -0.15) is 0 Å². The summed E-state index contributed by atoms with van der Waals surface area (Å²) in [5.74, 6) is 1.87. The molecule has 5 nitrogen and oxygen atoms in total. The molecule has 1 heterocycles. The van der Waals surface area contributed by atoms with Gasteiger partial charge in [-0.3, -0.25) is 4.79 Å². The summed E-state index contributed by atoms with van der Waals surface area (Å²) in [6.45, 7) is 1.73. The Morgan fingerprint density at radius 3 is 2.82 bits per heavy atom. The molecule has 0 saturated carbocycles. The molecule has 0 aliphatic heterocycles. The maximum Gasteiger partial charge on any atom is 0.339 e. The number of carboxylic acids is 1. The summed E-state index contributed by atoms with van der Waals surface area (Å²) >= 11 is 0. The van der Waals surface area contributed by atoms with Crippen LogP contribution in [0.3, 0.4) is 0 Å². The highest BCUT2D eigenvalue weighted by molar-refractivity contribution is 5.88. The summed E-state index contributed by atoms with van der Waals surface area (Å²) in [6.07, 6.45) is 5.66. The molecule has 0 saturated heterocycles. The molecule has 0 spiro atoms. The first-order valence-electron chi connectivity index (χ1n) is 5.07. The van der Waals surface area contributed by atoms with Gasteiger partial charge in [0.1, 0.15) is 17.1 Å². The molecule has 0 aromatic carbocycles. The quantitative estimate of drug-likeness (QED) is 0.754. The topological polar surface area (TPSA) is 79.5 Å². The Morgan fingerprint density at radius 1 is 1.59 bits per heavy atom. The number of hydrogen-bond acceptors (Lipinski definition) is 3. The van der Waals surface area contributed by atoms with E-state index in [0.717, 1.165) is 0 Å². The molecule has 1 aromatic heterocycles. The number of aromatic carboxylic acids is 1. The van der Waals surface area contributed by atoms with Gasteiger partial charge in [0.15, 0.2) is 0 Å². The molecule has 0 bridgehead atoms. The fourth-order valence-electron chi connectivity index (χ4n) is 1.30. The second kappa shape index (κ2) is 5.75. The van der Waals surface area contributed by atoms with E-state index >= 15 is 0 Å². The van der Waals surface area contributed by atoms with Crippen LogP contribution in [0.5, 0.6) is 0 Å². The Kier molecular flexibility index (Phi) is 4.35. The van der Waals surface area contributed by atoms with Gasteiger partial charge >= 0.3 is 5.97 Å². The number of terminal acetylenes is 1. The minimum atomic E-state index is -1.05. The first kappa shape index (κ1) is 12.8. The van der Waals surface area contributed by atoms with E-state index in [2.05, 4.69) is 11.2 Å². The van der Waals surface area contributed by atoms with Gasteiger partial charge < -0.3 is 14.8 Å². The van der Waals surface area contributed by atoms with Crippen LogP contribution in [0.4, 0.5) is 0 Å². The summed E-state index contributed by atoms with van der Waals surface area (Å²) in [7, 11) is 0. The van der Waals surface area contributed by atoms with E-state index in [1.807, 2.05) is 0 Å². The van der Waals surface area contributed by atoms with E-state index in [1.165, 1.54) is 6.07 Å². The van der Waals surface area contributed by atoms with Gasteiger partial charge in [-0.1, -0.05) is 0 Å². The van der Waals surface area contributed by atoms with Crippen LogP contribution in [-0.2, 0) is 11.3 Å². The minimum absolute atomic E-state index is 0.109. The molecule has 0 aliphatic carbocycles. The highest BCUT2D eigenvalue weighted by Crippen LogP contribution is 2.14. The van der Waals surface area contributed by atoms with Crippen LogP contribution in [0.15, 0.2) is 10.5 Å². The molecule has 0 aliphatic rings. The van der Waals surface area contributed by atoms with Crippen molar-refractivity contribution in [3.63, 3.8) is 0 Å². The van der Waals surface area contributed by atoms with Gasteiger partial charge in [-0.25, -0.2) is 4.79 Å². The van der Waals surface area contributed by atoms with E-state index in [0.29, 0.717) is 17.9 Å². The molecular formula is C12H13NO4. The smallest absolute Gasteiger partial charge is 0.339 e. The van der Waals surface area contributed by atoms with Crippen LogP contribution < -0.4 is 5.32 Å². The standard InChI is InChI=1S/C12H13NO4/c1-3-4-5-11(14)13-7-9-6-10(12(15)16)8(2)17-9/h1,6H,4-5,7H2,2H3,(H,13,14)(H,15,16). The number of aryl methyl sites for hydroxylation is 1. The zero-order chi connectivity index (χ0) is 12.8. The monoisotopic (exact) mass is 235 g/mol. The molecule has 2 N–H and O–H groups in total. The van der Waals surface area contributed by atoms with Crippen molar-refractivity contribution in [2.75, 3.05) is 0 Å². The summed E-state index contributed by atoms with van der Waals surface area (Å²) in [5, 5.41) is 11.4. The van der Waals surface area contributed by atoms with E-state index < -0.39 is 5.97 Å². The van der Waals surface area contributed by atoms with E-state index in [1.54, 1.807) is 6.92 Å². The van der Waals surface area contributed by atoms with Crippen LogP contribution in [-0.4, -0.2) is 17.0 Å². The number of amides is 1. The Hall–Kier alpha value is -2.22. The van der Waals surface area contributed by atoms with E-state index in [4.69, 9.17) is 15.9 Å². The maximum atomic E-state index is 11.2. The predicted molar refractivity (Wildman–Crippen MR) is 60.3 cm³/mol. The molecule has 0 fully saturated rings. The predicted octanol–water partition coefficient (Wildman–Crippen LogP) is 1.32. The Balaban J connectivity index is 2.53. The van der Waals surface area contributed by atoms with Crippen molar-refractivity contribution < 1.29 is 19.1 Å². The highest BCUT2D eigenvalue weighted by Gasteiger charge is 2.13. The van der Waals surface area contributed by atoms with Crippen molar-refractivity contribution in [3.05, 3.63) is 23.2 Å². The number of nitrogens with one attached hydrogen (secondary N) is 1. The lowest BCUT2D eigenvalue weighted by molar-refractivity contribution is -0.121. The van der Waals surface area contributed by atoms with Crippen molar-refractivity contribution in [2.24, 2.45) is 0 Å². The Bertz CT molecular complexity index is 467. The van der Waals surface area contributed by atoms with Crippen molar-refractivity contribution >= 4 is 11.9 Å². The largest absolute Gasteiger partial charge is 0.478 e. The van der Waals surface area contributed by atoms with E-state index in [9.17, 15) is 9.59 Å². The molecule has 90 valence electrons. The number of furan rings is 1. The van der Waals surface area contributed by atoms with Crippen LogP contribution in [0.2, 0.25) is 0 Å². The average molecular weight is 235 g/mol. The highest BCUT2D eigenvalue weighted by atomic mass is 16.4. The second-order valence-corrected chi connectivity index (χ2v) is 3.47. The SMILES string of the molecule is C#CCCC(=O)NCc1cc(C(=O)O)c(C)o1. The minimum Gasteiger partial charge on any atom is -0.478 e. The number of carbonyl (C=O) groups excluding carboxylic acids is 1. The van der Waals surface area contributed by atoms with Crippen molar-refractivity contribution in [1.29, 1.82) is 0 Å². The summed E-state index contributed by atoms with van der Waals surface area (Å²) < 4.78 is 5.19. The van der Waals surface area contributed by atoms with Gasteiger partial charge in [0.2, 0.25) is 5.91 Å². The maximum absolute atomic E-state index is 11.2. The number of carbonyl (C=O) groups is 2. The Morgan fingerprint density at radius 2 is 2.29 bits per heavy atom. The molecule has 1 amide bonds. The number of rotatable bonds is 5. The number of carboxylic acid groups (broad SMARTS) is 1. The summed E-state index contributed by atoms with van der Waals surface area (Å²) in [5.41, 5.74) is 0.109. The molecule has 17 heavy (non-hydrogen) atoms. The van der Waals surface area contributed by atoms with Crippen LogP contribution in [0.1, 0.15) is 34.7 Å². The van der Waals surface area contributed by atoms with E-state index in [-0.39, 0.29) is 24.4 Å². The number of hydrogen-bond donors (Lipinski definition) is 2. The summed E-state index contributed by atoms with van der Waals surface area (Å²) in [6, 6.07) is 1.40.